The van der Waals surface area contributed by atoms with Crippen LogP contribution in [-0.2, 0) is 0 Å². The molecular formula is C22H18N2O. The summed E-state index contributed by atoms with van der Waals surface area (Å²) in [5.41, 5.74) is 6.59. The summed E-state index contributed by atoms with van der Waals surface area (Å²) in [6.45, 7) is 2.09. The lowest BCUT2D eigenvalue weighted by molar-refractivity contribution is 0.320. The smallest absolute Gasteiger partial charge is 0.139 e. The number of nitrogens with zero attached hydrogens (tertiary/aromatic N) is 2. The molecule has 3 nitrogen and oxygen atoms in total. The molecule has 0 fully saturated rings. The van der Waals surface area contributed by atoms with Crippen LogP contribution >= 0.6 is 0 Å². The third-order valence-corrected chi connectivity index (χ3v) is 4.44. The highest BCUT2D eigenvalue weighted by atomic mass is 16.4. The van der Waals surface area contributed by atoms with Crippen molar-refractivity contribution in [3.63, 3.8) is 0 Å². The molecule has 4 aromatic rings. The van der Waals surface area contributed by atoms with Gasteiger partial charge in [0.2, 0.25) is 0 Å². The van der Waals surface area contributed by atoms with Crippen LogP contribution in [0.25, 0.3) is 33.3 Å². The zero-order chi connectivity index (χ0) is 17.2. The van der Waals surface area contributed by atoms with Gasteiger partial charge in [-0.3, -0.25) is 4.57 Å². The lowest BCUT2D eigenvalue weighted by Crippen LogP contribution is -1.98. The van der Waals surface area contributed by atoms with Gasteiger partial charge in [-0.25, -0.2) is 0 Å². The summed E-state index contributed by atoms with van der Waals surface area (Å²) in [7, 11) is 0. The zero-order valence-electron chi connectivity index (χ0n) is 13.9. The Balaban J connectivity index is 2.19. The lowest BCUT2D eigenvalue weighted by atomic mass is 9.98. The number of aromatic nitrogens is 1. The maximum atomic E-state index is 9.23. The number of benzene rings is 3. The fourth-order valence-electron chi connectivity index (χ4n) is 3.38. The Morgan fingerprint density at radius 3 is 2.12 bits per heavy atom. The van der Waals surface area contributed by atoms with Gasteiger partial charge in [0.15, 0.2) is 0 Å². The topological polar surface area (TPSA) is 37.5 Å². The average Bonchev–Trinajstić information content (AvgIpc) is 2.97. The quantitative estimate of drug-likeness (QED) is 0.228. The molecule has 0 spiro atoms. The van der Waals surface area contributed by atoms with Crippen LogP contribution in [0.3, 0.4) is 0 Å². The van der Waals surface area contributed by atoms with Crippen LogP contribution in [0.1, 0.15) is 5.56 Å². The summed E-state index contributed by atoms with van der Waals surface area (Å²) in [5, 5.41) is 13.7. The van der Waals surface area contributed by atoms with E-state index in [1.165, 1.54) is 11.9 Å². The molecule has 1 aromatic heterocycles. The van der Waals surface area contributed by atoms with Gasteiger partial charge in [-0.05, 0) is 30.2 Å². The van der Waals surface area contributed by atoms with E-state index in [0.29, 0.717) is 0 Å². The normalized spacial score (nSPS) is 11.4. The predicted octanol–water partition coefficient (Wildman–Crippen LogP) is 5.55. The minimum atomic E-state index is 1.01. The maximum Gasteiger partial charge on any atom is 0.139 e. The minimum absolute atomic E-state index is 1.01. The Morgan fingerprint density at radius 2 is 1.48 bits per heavy atom. The molecule has 122 valence electrons. The minimum Gasteiger partial charge on any atom is -0.410 e. The standard InChI is InChI=1S/C22H18N2O/c1-16-12-13-20-19(14-16)21(17-8-4-2-5-9-17)22(24(20)15-23-25)18-10-6-3-7-11-18/h2-15,25H,1H3. The molecule has 1 heterocycles. The second-order valence-electron chi connectivity index (χ2n) is 6.08. The first kappa shape index (κ1) is 15.2. The summed E-state index contributed by atoms with van der Waals surface area (Å²) in [6.07, 6.45) is 1.46. The van der Waals surface area contributed by atoms with E-state index in [0.717, 1.165) is 33.3 Å². The van der Waals surface area contributed by atoms with E-state index in [2.05, 4.69) is 54.5 Å². The molecule has 1 N–H and O–H groups in total. The summed E-state index contributed by atoms with van der Waals surface area (Å²) in [6, 6.07) is 26.9. The monoisotopic (exact) mass is 326 g/mol. The van der Waals surface area contributed by atoms with E-state index >= 15 is 0 Å². The van der Waals surface area contributed by atoms with Crippen molar-refractivity contribution in [1.29, 1.82) is 0 Å². The number of fused-ring (bicyclic) bond motifs is 1. The predicted molar refractivity (Wildman–Crippen MR) is 103 cm³/mol. The third-order valence-electron chi connectivity index (χ3n) is 4.44. The van der Waals surface area contributed by atoms with Crippen LogP contribution in [0.2, 0.25) is 0 Å². The van der Waals surface area contributed by atoms with Gasteiger partial charge in [0.05, 0.1) is 11.2 Å². The Labute approximate surface area is 146 Å². The van der Waals surface area contributed by atoms with E-state index in [9.17, 15) is 5.21 Å². The molecule has 0 saturated heterocycles. The average molecular weight is 326 g/mol. The zero-order valence-corrected chi connectivity index (χ0v) is 13.9. The number of aryl methyl sites for hydroxylation is 1. The van der Waals surface area contributed by atoms with Crippen molar-refractivity contribution in [3.8, 4) is 22.4 Å². The Bertz CT molecular complexity index is 1050. The third kappa shape index (κ3) is 2.60. The summed E-state index contributed by atoms with van der Waals surface area (Å²) < 4.78 is 1.95. The largest absolute Gasteiger partial charge is 0.410 e. The van der Waals surface area contributed by atoms with Crippen LogP contribution in [0.15, 0.2) is 84.0 Å². The molecule has 0 aliphatic heterocycles. The van der Waals surface area contributed by atoms with Crippen molar-refractivity contribution in [2.24, 2.45) is 5.16 Å². The van der Waals surface area contributed by atoms with Gasteiger partial charge in [0.25, 0.3) is 0 Å². The molecule has 0 aliphatic rings. The van der Waals surface area contributed by atoms with Crippen molar-refractivity contribution < 1.29 is 5.21 Å². The van der Waals surface area contributed by atoms with Gasteiger partial charge < -0.3 is 5.21 Å². The molecule has 0 amide bonds. The molecule has 4 rings (SSSR count). The Hall–Kier alpha value is -3.33. The van der Waals surface area contributed by atoms with E-state index in [1.54, 1.807) is 0 Å². The highest BCUT2D eigenvalue weighted by Gasteiger charge is 2.19. The van der Waals surface area contributed by atoms with Crippen molar-refractivity contribution in [2.75, 3.05) is 0 Å². The SMILES string of the molecule is Cc1ccc2c(c1)c(-c1ccccc1)c(-c1ccccc1)n2C=NO. The Morgan fingerprint density at radius 1 is 0.840 bits per heavy atom. The van der Waals surface area contributed by atoms with Gasteiger partial charge in [-0.1, -0.05) is 77.4 Å². The first-order chi connectivity index (χ1) is 12.3. The van der Waals surface area contributed by atoms with Crippen LogP contribution in [0.4, 0.5) is 0 Å². The Kier molecular flexibility index (Phi) is 3.82. The van der Waals surface area contributed by atoms with E-state index in [1.807, 2.05) is 41.0 Å². The van der Waals surface area contributed by atoms with Crippen molar-refractivity contribution in [2.45, 2.75) is 6.92 Å². The highest BCUT2D eigenvalue weighted by molar-refractivity contribution is 6.07. The number of hydrogen-bond acceptors (Lipinski definition) is 2. The molecule has 0 radical (unpaired) electrons. The molecule has 0 saturated carbocycles. The molecule has 0 aliphatic carbocycles. The van der Waals surface area contributed by atoms with Gasteiger partial charge in [0.1, 0.15) is 6.34 Å². The van der Waals surface area contributed by atoms with Gasteiger partial charge in [0, 0.05) is 10.9 Å². The van der Waals surface area contributed by atoms with Crippen molar-refractivity contribution >= 4 is 17.2 Å². The number of oxime groups is 1. The van der Waals surface area contributed by atoms with Gasteiger partial charge >= 0.3 is 0 Å². The van der Waals surface area contributed by atoms with Crippen molar-refractivity contribution in [1.82, 2.24) is 4.57 Å². The summed E-state index contributed by atoms with van der Waals surface area (Å²) >= 11 is 0. The summed E-state index contributed by atoms with van der Waals surface area (Å²) in [4.78, 5) is 0. The molecule has 3 aromatic carbocycles. The number of hydrogen-bond donors (Lipinski definition) is 1. The second kappa shape index (κ2) is 6.29. The fraction of sp³-hybridized carbons (Fsp3) is 0.0455. The molecule has 3 heteroatoms. The highest BCUT2D eigenvalue weighted by Crippen LogP contribution is 2.40. The molecule has 0 bridgehead atoms. The van der Waals surface area contributed by atoms with Crippen LogP contribution in [0.5, 0.6) is 0 Å². The van der Waals surface area contributed by atoms with Gasteiger partial charge in [-0.2, -0.15) is 0 Å². The maximum absolute atomic E-state index is 9.23. The fourth-order valence-corrected chi connectivity index (χ4v) is 3.38. The molecule has 0 unspecified atom stereocenters. The molecular weight excluding hydrogens is 308 g/mol. The van der Waals surface area contributed by atoms with Crippen molar-refractivity contribution in [3.05, 3.63) is 84.4 Å². The summed E-state index contributed by atoms with van der Waals surface area (Å²) in [5.74, 6) is 0. The molecule has 25 heavy (non-hydrogen) atoms. The van der Waals surface area contributed by atoms with E-state index < -0.39 is 0 Å². The van der Waals surface area contributed by atoms with Gasteiger partial charge in [-0.15, -0.1) is 0 Å². The van der Waals surface area contributed by atoms with Crippen LogP contribution in [0, 0.1) is 6.92 Å². The van der Waals surface area contributed by atoms with E-state index in [-0.39, 0.29) is 0 Å². The van der Waals surface area contributed by atoms with E-state index in [4.69, 9.17) is 0 Å². The first-order valence-electron chi connectivity index (χ1n) is 8.22. The number of rotatable bonds is 3. The lowest BCUT2D eigenvalue weighted by Gasteiger charge is -2.08. The first-order valence-corrected chi connectivity index (χ1v) is 8.22. The van der Waals surface area contributed by atoms with Crippen LogP contribution in [-0.4, -0.2) is 16.1 Å². The van der Waals surface area contributed by atoms with Crippen LogP contribution < -0.4 is 0 Å². The molecule has 0 atom stereocenters. The second-order valence-corrected chi connectivity index (χ2v) is 6.08.